The van der Waals surface area contributed by atoms with Crippen LogP contribution >= 0.6 is 0 Å². The van der Waals surface area contributed by atoms with E-state index in [-0.39, 0.29) is 18.5 Å². The van der Waals surface area contributed by atoms with E-state index >= 15 is 0 Å². The first-order valence-corrected chi connectivity index (χ1v) is 9.43. The second-order valence-electron chi connectivity index (χ2n) is 8.11. The summed E-state index contributed by atoms with van der Waals surface area (Å²) < 4.78 is 10.8. The quantitative estimate of drug-likeness (QED) is 0.779. The Bertz CT molecular complexity index is 628. The minimum Gasteiger partial charge on any atom is -0.465 e. The van der Waals surface area contributed by atoms with Crippen LogP contribution in [0.1, 0.15) is 66.0 Å². The van der Waals surface area contributed by atoms with Gasteiger partial charge in [0.25, 0.3) is 0 Å². The zero-order chi connectivity index (χ0) is 19.5. The van der Waals surface area contributed by atoms with Crippen molar-refractivity contribution >= 4 is 11.9 Å². The molecule has 1 aromatic heterocycles. The third-order valence-corrected chi connectivity index (χ3v) is 5.13. The van der Waals surface area contributed by atoms with Gasteiger partial charge in [0.1, 0.15) is 23.8 Å². The molecular formula is C19H31N3O4. The molecule has 0 amide bonds. The van der Waals surface area contributed by atoms with Crippen molar-refractivity contribution < 1.29 is 19.1 Å². The number of hydrogen-bond acceptors (Lipinski definition) is 6. The number of carbonyl (C=O) groups excluding carboxylic acids is 2. The predicted octanol–water partition coefficient (Wildman–Crippen LogP) is 2.80. The van der Waals surface area contributed by atoms with Crippen LogP contribution in [-0.2, 0) is 30.9 Å². The van der Waals surface area contributed by atoms with Gasteiger partial charge in [-0.3, -0.25) is 14.7 Å². The number of nitrogens with one attached hydrogen (secondary N) is 1. The van der Waals surface area contributed by atoms with Crippen molar-refractivity contribution in [2.45, 2.75) is 72.3 Å². The van der Waals surface area contributed by atoms with Gasteiger partial charge in [-0.05, 0) is 51.4 Å². The van der Waals surface area contributed by atoms with E-state index < -0.39 is 11.4 Å². The number of rotatable bonds is 6. The molecule has 2 atom stereocenters. The fourth-order valence-corrected chi connectivity index (χ4v) is 3.81. The predicted molar refractivity (Wildman–Crippen MR) is 96.4 cm³/mol. The maximum atomic E-state index is 12.3. The minimum absolute atomic E-state index is 0.0113. The van der Waals surface area contributed by atoms with Gasteiger partial charge in [0.15, 0.2) is 5.82 Å². The molecule has 146 valence electrons. The van der Waals surface area contributed by atoms with Crippen LogP contribution in [0.2, 0.25) is 0 Å². The molecule has 0 aliphatic heterocycles. The summed E-state index contributed by atoms with van der Waals surface area (Å²) in [5.74, 6) is 1.36. The highest BCUT2D eigenvalue weighted by Gasteiger charge is 2.37. The van der Waals surface area contributed by atoms with Crippen molar-refractivity contribution in [1.82, 2.24) is 15.2 Å². The van der Waals surface area contributed by atoms with Crippen LogP contribution in [0.5, 0.6) is 0 Å². The summed E-state index contributed by atoms with van der Waals surface area (Å²) in [5.41, 5.74) is -0.975. The van der Waals surface area contributed by atoms with Gasteiger partial charge in [0.2, 0.25) is 0 Å². The molecule has 1 aliphatic carbocycles. The average Bonchev–Trinajstić information content (AvgIpc) is 3.00. The average molecular weight is 365 g/mol. The van der Waals surface area contributed by atoms with Crippen LogP contribution in [0.15, 0.2) is 0 Å². The van der Waals surface area contributed by atoms with Crippen LogP contribution in [0.3, 0.4) is 0 Å². The maximum absolute atomic E-state index is 12.3. The zero-order valence-electron chi connectivity index (χ0n) is 16.7. The number of hydrogen-bond donors (Lipinski definition) is 1. The van der Waals surface area contributed by atoms with Crippen molar-refractivity contribution in [1.29, 1.82) is 0 Å². The second-order valence-corrected chi connectivity index (χ2v) is 8.11. The first kappa shape index (κ1) is 20.4. The molecule has 7 nitrogen and oxygen atoms in total. The van der Waals surface area contributed by atoms with Gasteiger partial charge >= 0.3 is 11.9 Å². The van der Waals surface area contributed by atoms with Gasteiger partial charge in [-0.25, -0.2) is 4.98 Å². The largest absolute Gasteiger partial charge is 0.465 e. The number of nitrogens with zero attached hydrogens (tertiary/aromatic N) is 2. The van der Waals surface area contributed by atoms with Crippen molar-refractivity contribution in [2.24, 2.45) is 17.8 Å². The second kappa shape index (κ2) is 8.18. The molecule has 0 radical (unpaired) electrons. The van der Waals surface area contributed by atoms with Crippen LogP contribution in [0, 0.1) is 17.8 Å². The molecule has 2 rings (SSSR count). The third kappa shape index (κ3) is 4.62. The van der Waals surface area contributed by atoms with Crippen LogP contribution < -0.4 is 0 Å². The Hall–Kier alpha value is -1.92. The van der Waals surface area contributed by atoms with Crippen LogP contribution in [-0.4, -0.2) is 39.8 Å². The number of esters is 2. The third-order valence-electron chi connectivity index (χ3n) is 5.13. The van der Waals surface area contributed by atoms with E-state index in [2.05, 4.69) is 36.0 Å². The number of aromatic amines is 1. The van der Waals surface area contributed by atoms with Gasteiger partial charge in [-0.2, -0.15) is 5.10 Å². The summed E-state index contributed by atoms with van der Waals surface area (Å²) in [5, 5.41) is 6.82. The Morgan fingerprint density at radius 2 is 1.81 bits per heavy atom. The highest BCUT2D eigenvalue weighted by molar-refractivity contribution is 5.81. The molecular weight excluding hydrogens is 334 g/mol. The van der Waals surface area contributed by atoms with E-state index in [1.54, 1.807) is 20.8 Å². The molecule has 0 aromatic carbocycles. The van der Waals surface area contributed by atoms with Crippen molar-refractivity contribution in [2.75, 3.05) is 6.61 Å². The Morgan fingerprint density at radius 3 is 2.38 bits per heavy atom. The Morgan fingerprint density at radius 1 is 1.19 bits per heavy atom. The Labute approximate surface area is 155 Å². The van der Waals surface area contributed by atoms with Gasteiger partial charge in [0.05, 0.1) is 6.61 Å². The lowest BCUT2D eigenvalue weighted by molar-refractivity contribution is -0.157. The smallest absolute Gasteiger partial charge is 0.319 e. The lowest BCUT2D eigenvalue weighted by atomic mass is 9.75. The molecule has 1 aliphatic rings. The van der Waals surface area contributed by atoms with Gasteiger partial charge in [-0.1, -0.05) is 20.8 Å². The van der Waals surface area contributed by atoms with E-state index in [0.717, 1.165) is 12.8 Å². The molecule has 1 aromatic rings. The maximum Gasteiger partial charge on any atom is 0.319 e. The van der Waals surface area contributed by atoms with E-state index in [9.17, 15) is 9.59 Å². The standard InChI is InChI=1S/C19H31N3O4/c1-7-25-18(24)19(5,6)17-20-14(21-22-17)10-15(23)26-16-12(3)8-11(2)9-13(16)4/h11-13,16H,7-10H2,1-6H3,(H,20,21,22). The molecule has 1 fully saturated rings. The van der Waals surface area contributed by atoms with Crippen molar-refractivity contribution in [3.63, 3.8) is 0 Å². The fourth-order valence-electron chi connectivity index (χ4n) is 3.81. The first-order chi connectivity index (χ1) is 12.1. The zero-order valence-corrected chi connectivity index (χ0v) is 16.7. The monoisotopic (exact) mass is 365 g/mol. The van der Waals surface area contributed by atoms with Crippen molar-refractivity contribution in [3.05, 3.63) is 11.6 Å². The topological polar surface area (TPSA) is 94.2 Å². The Kier molecular flexibility index (Phi) is 6.42. The van der Waals surface area contributed by atoms with E-state index in [1.165, 1.54) is 0 Å². The van der Waals surface area contributed by atoms with Gasteiger partial charge < -0.3 is 9.47 Å². The lowest BCUT2D eigenvalue weighted by Crippen LogP contribution is -2.37. The summed E-state index contributed by atoms with van der Waals surface area (Å²) in [6.07, 6.45) is 2.10. The number of H-pyrrole nitrogens is 1. The van der Waals surface area contributed by atoms with Crippen molar-refractivity contribution in [3.8, 4) is 0 Å². The normalized spacial score (nSPS) is 26.4. The molecule has 0 bridgehead atoms. The molecule has 0 spiro atoms. The molecule has 1 N–H and O–H groups in total. The first-order valence-electron chi connectivity index (χ1n) is 9.43. The highest BCUT2D eigenvalue weighted by atomic mass is 16.5. The van der Waals surface area contributed by atoms with Gasteiger partial charge in [0, 0.05) is 0 Å². The summed E-state index contributed by atoms with van der Waals surface area (Å²) in [6, 6.07) is 0. The summed E-state index contributed by atoms with van der Waals surface area (Å²) in [7, 11) is 0. The molecule has 0 saturated heterocycles. The van der Waals surface area contributed by atoms with E-state index in [0.29, 0.717) is 36.0 Å². The molecule has 1 heterocycles. The van der Waals surface area contributed by atoms with Crippen LogP contribution in [0.4, 0.5) is 0 Å². The van der Waals surface area contributed by atoms with Crippen LogP contribution in [0.25, 0.3) is 0 Å². The number of ether oxygens (including phenoxy) is 2. The lowest BCUT2D eigenvalue weighted by Gasteiger charge is -2.37. The summed E-state index contributed by atoms with van der Waals surface area (Å²) in [6.45, 7) is 12.0. The number of carbonyl (C=O) groups is 2. The Balaban J connectivity index is 1.98. The van der Waals surface area contributed by atoms with E-state index in [4.69, 9.17) is 9.47 Å². The molecule has 1 saturated carbocycles. The summed E-state index contributed by atoms with van der Waals surface area (Å²) >= 11 is 0. The summed E-state index contributed by atoms with van der Waals surface area (Å²) in [4.78, 5) is 28.7. The fraction of sp³-hybridized carbons (Fsp3) is 0.789. The minimum atomic E-state index is -0.975. The molecule has 7 heteroatoms. The highest BCUT2D eigenvalue weighted by Crippen LogP contribution is 2.35. The number of aromatic nitrogens is 3. The van der Waals surface area contributed by atoms with Gasteiger partial charge in [-0.15, -0.1) is 0 Å². The van der Waals surface area contributed by atoms with E-state index in [1.807, 2.05) is 0 Å². The molecule has 2 unspecified atom stereocenters. The SMILES string of the molecule is CCOC(=O)C(C)(C)c1n[nH]c(CC(=O)OC2C(C)CC(C)CC2C)n1. The molecule has 26 heavy (non-hydrogen) atoms.